The molecule has 7 nitrogen and oxygen atoms in total. The van der Waals surface area contributed by atoms with Crippen molar-refractivity contribution in [3.63, 3.8) is 0 Å². The first-order chi connectivity index (χ1) is 8.09. The zero-order chi connectivity index (χ0) is 12.4. The van der Waals surface area contributed by atoms with Gasteiger partial charge in [0.15, 0.2) is 5.69 Å². The van der Waals surface area contributed by atoms with Gasteiger partial charge in [-0.15, -0.1) is 0 Å². The molecule has 0 atom stereocenters. The number of ether oxygens (including phenoxy) is 1. The predicted molar refractivity (Wildman–Crippen MR) is 56.9 cm³/mol. The van der Waals surface area contributed by atoms with Gasteiger partial charge in [-0.05, 0) is 0 Å². The summed E-state index contributed by atoms with van der Waals surface area (Å²) in [7, 11) is 1.56. The summed E-state index contributed by atoms with van der Waals surface area (Å²) in [6.07, 6.45) is 0. The number of carboxylic acid groups (broad SMARTS) is 1. The maximum Gasteiger partial charge on any atom is 0.356 e. The van der Waals surface area contributed by atoms with Gasteiger partial charge in [0.05, 0.1) is 13.2 Å². The molecule has 2 rings (SSSR count). The molecule has 0 aliphatic carbocycles. The molecule has 1 fully saturated rings. The van der Waals surface area contributed by atoms with Gasteiger partial charge in [-0.2, -0.15) is 5.10 Å². The highest BCUT2D eigenvalue weighted by Crippen LogP contribution is 2.09. The largest absolute Gasteiger partial charge is 0.476 e. The predicted octanol–water partition coefficient (Wildman–Crippen LogP) is -0.409. The summed E-state index contributed by atoms with van der Waals surface area (Å²) in [6, 6.07) is 1.29. The van der Waals surface area contributed by atoms with Crippen molar-refractivity contribution < 1.29 is 19.4 Å². The number of hydrogen-bond donors (Lipinski definition) is 1. The van der Waals surface area contributed by atoms with Crippen molar-refractivity contribution in [1.82, 2.24) is 14.7 Å². The van der Waals surface area contributed by atoms with Crippen LogP contribution in [-0.4, -0.2) is 58.0 Å². The van der Waals surface area contributed by atoms with Gasteiger partial charge in [0.25, 0.3) is 5.91 Å². The summed E-state index contributed by atoms with van der Waals surface area (Å²) in [4.78, 5) is 24.4. The van der Waals surface area contributed by atoms with Crippen LogP contribution in [0.25, 0.3) is 0 Å². The monoisotopic (exact) mass is 239 g/mol. The van der Waals surface area contributed by atoms with Crippen LogP contribution < -0.4 is 0 Å². The molecule has 1 aliphatic rings. The van der Waals surface area contributed by atoms with E-state index < -0.39 is 5.97 Å². The van der Waals surface area contributed by atoms with E-state index in [2.05, 4.69) is 5.10 Å². The Kier molecular flexibility index (Phi) is 3.10. The molecule has 0 unspecified atom stereocenters. The van der Waals surface area contributed by atoms with Crippen molar-refractivity contribution >= 4 is 11.9 Å². The Morgan fingerprint density at radius 1 is 1.41 bits per heavy atom. The minimum atomic E-state index is -1.14. The number of aryl methyl sites for hydroxylation is 1. The normalized spacial score (nSPS) is 15.9. The van der Waals surface area contributed by atoms with Crippen molar-refractivity contribution in [2.24, 2.45) is 7.05 Å². The molecule has 1 aromatic rings. The Hall–Kier alpha value is -1.89. The SMILES string of the molecule is Cn1nc(C(=O)O)cc1C(=O)N1CCOCC1. The molecule has 17 heavy (non-hydrogen) atoms. The maximum absolute atomic E-state index is 12.1. The van der Waals surface area contributed by atoms with Crippen LogP contribution in [0.4, 0.5) is 0 Å². The van der Waals surface area contributed by atoms with Gasteiger partial charge < -0.3 is 14.7 Å². The Bertz CT molecular complexity index is 448. The standard InChI is InChI=1S/C10H13N3O4/c1-12-8(6-7(11-12)10(15)16)9(14)13-2-4-17-5-3-13/h6H,2-5H2,1H3,(H,15,16). The quantitative estimate of drug-likeness (QED) is 0.758. The number of aromatic nitrogens is 2. The Morgan fingerprint density at radius 2 is 2.06 bits per heavy atom. The Morgan fingerprint density at radius 3 is 2.59 bits per heavy atom. The summed E-state index contributed by atoms with van der Waals surface area (Å²) in [5, 5.41) is 12.6. The van der Waals surface area contributed by atoms with Crippen LogP contribution in [0.15, 0.2) is 6.07 Å². The summed E-state index contributed by atoms with van der Waals surface area (Å²) in [6.45, 7) is 2.06. The number of rotatable bonds is 2. The van der Waals surface area contributed by atoms with Gasteiger partial charge in [0, 0.05) is 26.2 Å². The lowest BCUT2D eigenvalue weighted by atomic mass is 10.3. The minimum absolute atomic E-state index is 0.121. The number of carboxylic acids is 1. The summed E-state index contributed by atoms with van der Waals surface area (Å²) < 4.78 is 6.44. The first kappa shape index (κ1) is 11.6. The highest BCUT2D eigenvalue weighted by atomic mass is 16.5. The van der Waals surface area contributed by atoms with Crippen LogP contribution in [0.2, 0.25) is 0 Å². The second kappa shape index (κ2) is 4.54. The summed E-state index contributed by atoms with van der Waals surface area (Å²) in [5.74, 6) is -1.35. The molecule has 0 bridgehead atoms. The molecule has 0 spiro atoms. The number of amides is 1. The number of hydrogen-bond acceptors (Lipinski definition) is 4. The highest BCUT2D eigenvalue weighted by molar-refractivity contribution is 5.95. The minimum Gasteiger partial charge on any atom is -0.476 e. The van der Waals surface area contributed by atoms with E-state index in [1.807, 2.05) is 0 Å². The number of nitrogens with zero attached hydrogens (tertiary/aromatic N) is 3. The summed E-state index contributed by atoms with van der Waals surface area (Å²) >= 11 is 0. The lowest BCUT2D eigenvalue weighted by Crippen LogP contribution is -2.41. The average Bonchev–Trinajstić information content (AvgIpc) is 2.72. The smallest absolute Gasteiger partial charge is 0.356 e. The van der Waals surface area contributed by atoms with E-state index in [1.54, 1.807) is 11.9 Å². The molecule has 0 radical (unpaired) electrons. The zero-order valence-electron chi connectivity index (χ0n) is 9.42. The van der Waals surface area contributed by atoms with Gasteiger partial charge >= 0.3 is 5.97 Å². The molecule has 1 N–H and O–H groups in total. The fourth-order valence-electron chi connectivity index (χ4n) is 1.70. The average molecular weight is 239 g/mol. The molecule has 1 aliphatic heterocycles. The van der Waals surface area contributed by atoms with Crippen molar-refractivity contribution in [3.8, 4) is 0 Å². The van der Waals surface area contributed by atoms with Crippen molar-refractivity contribution in [2.75, 3.05) is 26.3 Å². The molecule has 7 heteroatoms. The summed E-state index contributed by atoms with van der Waals surface area (Å²) in [5.41, 5.74) is 0.161. The number of carbonyl (C=O) groups excluding carboxylic acids is 1. The number of carbonyl (C=O) groups is 2. The molecule has 2 heterocycles. The molecule has 92 valence electrons. The van der Waals surface area contributed by atoms with E-state index >= 15 is 0 Å². The van der Waals surface area contributed by atoms with Gasteiger partial charge in [-0.3, -0.25) is 9.48 Å². The van der Waals surface area contributed by atoms with Gasteiger partial charge in [-0.25, -0.2) is 4.79 Å². The zero-order valence-corrected chi connectivity index (χ0v) is 9.42. The van der Waals surface area contributed by atoms with E-state index in [-0.39, 0.29) is 17.3 Å². The van der Waals surface area contributed by atoms with E-state index in [9.17, 15) is 9.59 Å². The second-order valence-corrected chi connectivity index (χ2v) is 3.75. The topological polar surface area (TPSA) is 84.7 Å². The van der Waals surface area contributed by atoms with Crippen LogP contribution >= 0.6 is 0 Å². The van der Waals surface area contributed by atoms with Gasteiger partial charge in [0.1, 0.15) is 5.69 Å². The Balaban J connectivity index is 2.20. The van der Waals surface area contributed by atoms with Gasteiger partial charge in [0.2, 0.25) is 0 Å². The lowest BCUT2D eigenvalue weighted by molar-refractivity contribution is 0.0295. The second-order valence-electron chi connectivity index (χ2n) is 3.75. The third-order valence-corrected chi connectivity index (χ3v) is 2.62. The third kappa shape index (κ3) is 2.28. The first-order valence-corrected chi connectivity index (χ1v) is 5.24. The van der Waals surface area contributed by atoms with Crippen LogP contribution in [0.5, 0.6) is 0 Å². The van der Waals surface area contributed by atoms with E-state index in [0.717, 1.165) is 0 Å². The van der Waals surface area contributed by atoms with Gasteiger partial charge in [-0.1, -0.05) is 0 Å². The van der Waals surface area contributed by atoms with Crippen molar-refractivity contribution in [1.29, 1.82) is 0 Å². The molecule has 1 amide bonds. The number of aromatic carboxylic acids is 1. The van der Waals surface area contributed by atoms with E-state index in [1.165, 1.54) is 10.7 Å². The number of morpholine rings is 1. The molecule has 1 aromatic heterocycles. The van der Waals surface area contributed by atoms with Crippen molar-refractivity contribution in [2.45, 2.75) is 0 Å². The van der Waals surface area contributed by atoms with Crippen LogP contribution in [0.3, 0.4) is 0 Å². The fraction of sp³-hybridized carbons (Fsp3) is 0.500. The molecular formula is C10H13N3O4. The molecular weight excluding hydrogens is 226 g/mol. The third-order valence-electron chi connectivity index (χ3n) is 2.62. The first-order valence-electron chi connectivity index (χ1n) is 5.24. The lowest BCUT2D eigenvalue weighted by Gasteiger charge is -2.26. The van der Waals surface area contributed by atoms with Crippen LogP contribution in [0.1, 0.15) is 21.0 Å². The van der Waals surface area contributed by atoms with E-state index in [0.29, 0.717) is 26.3 Å². The molecule has 0 aromatic carbocycles. The van der Waals surface area contributed by atoms with Crippen LogP contribution in [0, 0.1) is 0 Å². The van der Waals surface area contributed by atoms with Crippen molar-refractivity contribution in [3.05, 3.63) is 17.5 Å². The Labute approximate surface area is 97.6 Å². The van der Waals surface area contributed by atoms with Crippen LogP contribution in [-0.2, 0) is 11.8 Å². The fourth-order valence-corrected chi connectivity index (χ4v) is 1.70. The maximum atomic E-state index is 12.1. The van der Waals surface area contributed by atoms with E-state index in [4.69, 9.17) is 9.84 Å². The molecule has 1 saturated heterocycles. The molecule has 0 saturated carbocycles. The highest BCUT2D eigenvalue weighted by Gasteiger charge is 2.23.